The summed E-state index contributed by atoms with van der Waals surface area (Å²) >= 11 is 7.50. The Balaban J connectivity index is 1.86. The second kappa shape index (κ2) is 5.88. The number of carbonyl (C=O) groups excluding carboxylic acids is 1. The van der Waals surface area contributed by atoms with Gasteiger partial charge in [0.25, 0.3) is 5.91 Å². The molecule has 1 aliphatic rings. The van der Waals surface area contributed by atoms with E-state index in [2.05, 4.69) is 4.98 Å². The van der Waals surface area contributed by atoms with Crippen LogP contribution in [0.1, 0.15) is 9.67 Å². The summed E-state index contributed by atoms with van der Waals surface area (Å²) in [5.74, 6) is -0.0318. The first kappa shape index (κ1) is 14.7. The Morgan fingerprint density at radius 3 is 2.62 bits per heavy atom. The van der Waals surface area contributed by atoms with Gasteiger partial charge < -0.3 is 14.4 Å². The second-order valence-electron chi connectivity index (χ2n) is 4.88. The number of pyridine rings is 1. The maximum Gasteiger partial charge on any atom is 0.264 e. The molecule has 2 atom stereocenters. The Morgan fingerprint density at radius 2 is 2.05 bits per heavy atom. The molecule has 1 amide bonds. The Bertz CT molecular complexity index is 663. The summed E-state index contributed by atoms with van der Waals surface area (Å²) in [7, 11) is 3.27. The molecule has 5 nitrogen and oxygen atoms in total. The van der Waals surface area contributed by atoms with E-state index in [1.54, 1.807) is 37.4 Å². The molecule has 0 spiro atoms. The second-order valence-corrected chi connectivity index (χ2v) is 6.34. The first-order valence-corrected chi connectivity index (χ1v) is 7.72. The molecule has 3 heterocycles. The molecule has 112 valence electrons. The average molecular weight is 327 g/mol. The van der Waals surface area contributed by atoms with Gasteiger partial charge in [-0.15, -0.1) is 11.3 Å². The molecule has 1 saturated heterocycles. The fourth-order valence-electron chi connectivity index (χ4n) is 2.53. The molecule has 0 aliphatic carbocycles. The van der Waals surface area contributed by atoms with Crippen LogP contribution in [0.25, 0.3) is 10.2 Å². The lowest BCUT2D eigenvalue weighted by atomic mass is 10.3. The third-order valence-electron chi connectivity index (χ3n) is 3.68. The van der Waals surface area contributed by atoms with E-state index in [9.17, 15) is 4.79 Å². The Morgan fingerprint density at radius 1 is 1.38 bits per heavy atom. The lowest BCUT2D eigenvalue weighted by Gasteiger charge is -2.14. The van der Waals surface area contributed by atoms with Gasteiger partial charge in [0.1, 0.15) is 12.2 Å². The summed E-state index contributed by atoms with van der Waals surface area (Å²) in [6.07, 6.45) is 1.47. The number of ether oxygens (including phenoxy) is 2. The van der Waals surface area contributed by atoms with Crippen molar-refractivity contribution >= 4 is 39.1 Å². The molecule has 0 aromatic carbocycles. The normalized spacial score (nSPS) is 22.1. The van der Waals surface area contributed by atoms with E-state index in [1.165, 1.54) is 11.3 Å². The van der Waals surface area contributed by atoms with Gasteiger partial charge in [0.15, 0.2) is 0 Å². The quantitative estimate of drug-likeness (QED) is 0.869. The number of likely N-dealkylation sites (tertiary alicyclic amines) is 1. The molecule has 2 aromatic heterocycles. The third kappa shape index (κ3) is 2.64. The van der Waals surface area contributed by atoms with E-state index in [4.69, 9.17) is 21.1 Å². The van der Waals surface area contributed by atoms with E-state index in [0.29, 0.717) is 23.0 Å². The Kier molecular flexibility index (Phi) is 4.12. The lowest BCUT2D eigenvalue weighted by Crippen LogP contribution is -2.29. The first-order chi connectivity index (χ1) is 10.1. The summed E-state index contributed by atoms with van der Waals surface area (Å²) in [6, 6.07) is 3.52. The molecule has 1 fully saturated rings. The van der Waals surface area contributed by atoms with Crippen LogP contribution in [0.5, 0.6) is 0 Å². The Labute approximate surface area is 131 Å². The number of halogens is 1. The van der Waals surface area contributed by atoms with Gasteiger partial charge >= 0.3 is 0 Å². The largest absolute Gasteiger partial charge is 0.377 e. The number of fused-ring (bicyclic) bond motifs is 1. The number of aromatic nitrogens is 1. The summed E-state index contributed by atoms with van der Waals surface area (Å²) in [4.78, 5) is 19.2. The highest BCUT2D eigenvalue weighted by atomic mass is 35.5. The molecule has 0 saturated carbocycles. The predicted octanol–water partition coefficient (Wildman–Crippen LogP) is 2.44. The number of methoxy groups -OCH3 is 2. The van der Waals surface area contributed by atoms with Gasteiger partial charge in [-0.3, -0.25) is 9.78 Å². The molecule has 7 heteroatoms. The smallest absolute Gasteiger partial charge is 0.264 e. The molecule has 0 bridgehead atoms. The van der Waals surface area contributed by atoms with E-state index in [0.717, 1.165) is 10.2 Å². The van der Waals surface area contributed by atoms with Crippen molar-refractivity contribution in [2.75, 3.05) is 27.3 Å². The first-order valence-electron chi connectivity index (χ1n) is 6.53. The lowest BCUT2D eigenvalue weighted by molar-refractivity contribution is -0.00461. The van der Waals surface area contributed by atoms with Crippen LogP contribution in [0.3, 0.4) is 0 Å². The zero-order chi connectivity index (χ0) is 15.0. The minimum Gasteiger partial charge on any atom is -0.377 e. The van der Waals surface area contributed by atoms with E-state index in [1.807, 2.05) is 0 Å². The highest BCUT2D eigenvalue weighted by Crippen LogP contribution is 2.31. The van der Waals surface area contributed by atoms with Crippen molar-refractivity contribution in [2.45, 2.75) is 12.2 Å². The molecule has 3 rings (SSSR count). The third-order valence-corrected chi connectivity index (χ3v) is 5.26. The zero-order valence-electron chi connectivity index (χ0n) is 11.7. The van der Waals surface area contributed by atoms with Crippen LogP contribution in [-0.2, 0) is 9.47 Å². The molecular weight excluding hydrogens is 312 g/mol. The monoisotopic (exact) mass is 326 g/mol. The van der Waals surface area contributed by atoms with Crippen molar-refractivity contribution in [3.63, 3.8) is 0 Å². The summed E-state index contributed by atoms with van der Waals surface area (Å²) in [5.41, 5.74) is 0.752. The summed E-state index contributed by atoms with van der Waals surface area (Å²) < 4.78 is 11.6. The predicted molar refractivity (Wildman–Crippen MR) is 82.1 cm³/mol. The fraction of sp³-hybridized carbons (Fsp3) is 0.429. The van der Waals surface area contributed by atoms with Gasteiger partial charge in [0.05, 0.1) is 20.1 Å². The van der Waals surface area contributed by atoms with Gasteiger partial charge in [-0.25, -0.2) is 0 Å². The molecule has 1 aliphatic heterocycles. The van der Waals surface area contributed by atoms with E-state index < -0.39 is 0 Å². The average Bonchev–Trinajstić information content (AvgIpc) is 3.10. The minimum absolute atomic E-state index is 0.0318. The molecular formula is C14H15ClN2O3S. The number of hydrogen-bond acceptors (Lipinski definition) is 5. The fourth-order valence-corrected chi connectivity index (χ4v) is 3.79. The topological polar surface area (TPSA) is 51.7 Å². The van der Waals surface area contributed by atoms with Gasteiger partial charge in [-0.2, -0.15) is 0 Å². The van der Waals surface area contributed by atoms with Crippen LogP contribution >= 0.6 is 22.9 Å². The van der Waals surface area contributed by atoms with Crippen LogP contribution in [-0.4, -0.2) is 55.3 Å². The maximum atomic E-state index is 12.6. The standard InChI is InChI=1S/C14H15ClN2O3S/c1-19-10-6-17(7-11(10)20-2)14(18)12-5-9-13(21-12)8(15)3-4-16-9/h3-5,10-11H,6-7H2,1-2H3. The van der Waals surface area contributed by atoms with Crippen LogP contribution in [0.4, 0.5) is 0 Å². The van der Waals surface area contributed by atoms with Crippen molar-refractivity contribution in [2.24, 2.45) is 0 Å². The Hall–Kier alpha value is -1.21. The maximum absolute atomic E-state index is 12.6. The number of nitrogens with zero attached hydrogens (tertiary/aromatic N) is 2. The summed E-state index contributed by atoms with van der Waals surface area (Å²) in [5, 5.41) is 0.620. The SMILES string of the molecule is COC1CN(C(=O)c2cc3nccc(Cl)c3s2)CC1OC. The van der Waals surface area contributed by atoms with Crippen LogP contribution in [0, 0.1) is 0 Å². The number of carbonyl (C=O) groups is 1. The van der Waals surface area contributed by atoms with E-state index >= 15 is 0 Å². The van der Waals surface area contributed by atoms with Crippen molar-refractivity contribution < 1.29 is 14.3 Å². The highest BCUT2D eigenvalue weighted by Gasteiger charge is 2.36. The van der Waals surface area contributed by atoms with Crippen molar-refractivity contribution in [3.8, 4) is 0 Å². The number of amides is 1. The summed E-state index contributed by atoms with van der Waals surface area (Å²) in [6.45, 7) is 1.06. The van der Waals surface area contributed by atoms with Crippen molar-refractivity contribution in [1.82, 2.24) is 9.88 Å². The molecule has 2 aromatic rings. The van der Waals surface area contributed by atoms with Crippen LogP contribution in [0.15, 0.2) is 18.3 Å². The molecule has 2 unspecified atom stereocenters. The number of rotatable bonds is 3. The van der Waals surface area contributed by atoms with Crippen molar-refractivity contribution in [1.29, 1.82) is 0 Å². The van der Waals surface area contributed by atoms with Crippen molar-refractivity contribution in [3.05, 3.63) is 28.2 Å². The molecule has 0 radical (unpaired) electrons. The minimum atomic E-state index is -0.0879. The molecule has 21 heavy (non-hydrogen) atoms. The van der Waals surface area contributed by atoms with E-state index in [-0.39, 0.29) is 18.1 Å². The zero-order valence-corrected chi connectivity index (χ0v) is 13.3. The van der Waals surface area contributed by atoms with Crippen LogP contribution in [0.2, 0.25) is 5.02 Å². The number of hydrogen-bond donors (Lipinski definition) is 0. The number of thiophene rings is 1. The highest BCUT2D eigenvalue weighted by molar-refractivity contribution is 7.21. The van der Waals surface area contributed by atoms with Crippen LogP contribution < -0.4 is 0 Å². The van der Waals surface area contributed by atoms with Gasteiger partial charge in [0, 0.05) is 33.5 Å². The van der Waals surface area contributed by atoms with Gasteiger partial charge in [-0.1, -0.05) is 11.6 Å². The molecule has 0 N–H and O–H groups in total. The van der Waals surface area contributed by atoms with Gasteiger partial charge in [-0.05, 0) is 12.1 Å². The van der Waals surface area contributed by atoms with Gasteiger partial charge in [0.2, 0.25) is 0 Å².